The second kappa shape index (κ2) is 7.38. The quantitative estimate of drug-likeness (QED) is 0.467. The Balaban J connectivity index is 2.35. The lowest BCUT2D eigenvalue weighted by Crippen LogP contribution is -2.38. The van der Waals surface area contributed by atoms with E-state index in [-0.39, 0.29) is 18.5 Å². The maximum atomic E-state index is 9.15. The van der Waals surface area contributed by atoms with Crippen LogP contribution in [-0.4, -0.2) is 53.8 Å². The van der Waals surface area contributed by atoms with Crippen LogP contribution in [-0.2, 0) is 4.74 Å². The first kappa shape index (κ1) is 15.7. The molecule has 1 N–H and O–H groups in total. The molecule has 1 saturated heterocycles. The number of hydrogen-bond donors (Lipinski definition) is 1. The summed E-state index contributed by atoms with van der Waals surface area (Å²) in [5, 5.41) is 21.1. The van der Waals surface area contributed by atoms with Gasteiger partial charge in [0, 0.05) is 19.1 Å². The van der Waals surface area contributed by atoms with Gasteiger partial charge in [-0.2, -0.15) is 25.5 Å². The number of aromatic nitrogens is 3. The molecule has 2 rings (SSSR count). The summed E-state index contributed by atoms with van der Waals surface area (Å²) in [6.07, 6.45) is 1.92. The molecule has 0 atom stereocenters. The van der Waals surface area contributed by atoms with Crippen LogP contribution in [0.4, 0.5) is 17.8 Å². The fraction of sp³-hybridized carbons (Fsp3) is 0.615. The zero-order chi connectivity index (χ0) is 15.9. The van der Waals surface area contributed by atoms with E-state index in [4.69, 9.17) is 15.3 Å². The first-order valence-electron chi connectivity index (χ1n) is 7.03. The maximum absolute atomic E-state index is 9.15. The molecule has 0 aliphatic carbocycles. The van der Waals surface area contributed by atoms with Crippen LogP contribution in [0.2, 0.25) is 0 Å². The molecule has 1 aromatic rings. The predicted octanol–water partition coefficient (Wildman–Crippen LogP) is 0.340. The molecule has 1 aliphatic rings. The molecular weight excluding hydrogens is 284 g/mol. The molecule has 0 amide bonds. The third kappa shape index (κ3) is 3.93. The topological polar surface area (TPSA) is 114 Å². The van der Waals surface area contributed by atoms with E-state index in [9.17, 15) is 0 Å². The van der Waals surface area contributed by atoms with E-state index in [1.54, 1.807) is 0 Å². The number of hydrogen-bond acceptors (Lipinski definition) is 9. The van der Waals surface area contributed by atoms with Crippen LogP contribution >= 0.6 is 0 Å². The van der Waals surface area contributed by atoms with Crippen molar-refractivity contribution in [2.75, 3.05) is 48.0 Å². The van der Waals surface area contributed by atoms with Gasteiger partial charge in [-0.15, -0.1) is 0 Å². The van der Waals surface area contributed by atoms with Crippen molar-refractivity contribution in [1.82, 2.24) is 15.0 Å². The lowest BCUT2D eigenvalue weighted by Gasteiger charge is -2.27. The van der Waals surface area contributed by atoms with Crippen LogP contribution in [0.1, 0.15) is 13.8 Å². The number of nitrogens with zero attached hydrogens (tertiary/aromatic N) is 7. The van der Waals surface area contributed by atoms with Gasteiger partial charge in [0.05, 0.1) is 19.3 Å². The van der Waals surface area contributed by atoms with Gasteiger partial charge in [-0.1, -0.05) is 0 Å². The first-order valence-corrected chi connectivity index (χ1v) is 7.03. The van der Waals surface area contributed by atoms with Crippen molar-refractivity contribution in [3.8, 4) is 12.3 Å². The van der Waals surface area contributed by atoms with Crippen molar-refractivity contribution in [2.24, 2.45) is 0 Å². The smallest absolute Gasteiger partial charge is 0.246 e. The number of rotatable bonds is 5. The van der Waals surface area contributed by atoms with Crippen LogP contribution in [0.3, 0.4) is 0 Å². The van der Waals surface area contributed by atoms with E-state index in [2.05, 4.69) is 20.3 Å². The van der Waals surface area contributed by atoms with Crippen molar-refractivity contribution in [1.29, 1.82) is 10.5 Å². The van der Waals surface area contributed by atoms with E-state index in [1.807, 2.05) is 31.0 Å². The summed E-state index contributed by atoms with van der Waals surface area (Å²) in [7, 11) is 0. The third-order valence-electron chi connectivity index (χ3n) is 2.91. The third-order valence-corrected chi connectivity index (χ3v) is 2.91. The fourth-order valence-electron chi connectivity index (χ4n) is 1.92. The molecule has 0 unspecified atom stereocenters. The van der Waals surface area contributed by atoms with Gasteiger partial charge in [0.25, 0.3) is 0 Å². The van der Waals surface area contributed by atoms with Gasteiger partial charge in [-0.05, 0) is 13.8 Å². The second-order valence-electron chi connectivity index (χ2n) is 5.00. The lowest BCUT2D eigenvalue weighted by molar-refractivity contribution is 0.122. The maximum Gasteiger partial charge on any atom is 0.246 e. The van der Waals surface area contributed by atoms with Crippen molar-refractivity contribution in [3.05, 3.63) is 0 Å². The molecule has 0 saturated carbocycles. The highest BCUT2D eigenvalue weighted by Crippen LogP contribution is 2.17. The predicted molar refractivity (Wildman–Crippen MR) is 80.2 cm³/mol. The fourth-order valence-corrected chi connectivity index (χ4v) is 1.92. The minimum absolute atomic E-state index is 0.107. The number of nitrogens with one attached hydrogen (secondary N) is 1. The summed E-state index contributed by atoms with van der Waals surface area (Å²) in [4.78, 5) is 16.0. The largest absolute Gasteiger partial charge is 0.378 e. The van der Waals surface area contributed by atoms with Gasteiger partial charge in [-0.3, -0.25) is 0 Å². The van der Waals surface area contributed by atoms with Crippen LogP contribution in [0, 0.1) is 22.8 Å². The van der Waals surface area contributed by atoms with Crippen LogP contribution in [0.25, 0.3) is 0 Å². The zero-order valence-electron chi connectivity index (χ0n) is 12.7. The summed E-state index contributed by atoms with van der Waals surface area (Å²) < 4.78 is 5.32. The molecule has 0 spiro atoms. The molecule has 1 aromatic heterocycles. The molecule has 1 fully saturated rings. The number of morpholine rings is 1. The number of ether oxygens (including phenoxy) is 1. The Kier molecular flexibility index (Phi) is 5.28. The Morgan fingerprint density at radius 1 is 1.27 bits per heavy atom. The summed E-state index contributed by atoms with van der Waals surface area (Å²) in [6, 6.07) is 2.06. The van der Waals surface area contributed by atoms with Gasteiger partial charge in [-0.25, -0.2) is 4.90 Å². The van der Waals surface area contributed by atoms with E-state index in [0.717, 1.165) is 4.90 Å². The Labute approximate surface area is 129 Å². The van der Waals surface area contributed by atoms with Gasteiger partial charge in [0.15, 0.2) is 6.19 Å². The Morgan fingerprint density at radius 3 is 2.59 bits per heavy atom. The molecule has 0 aromatic carbocycles. The second-order valence-corrected chi connectivity index (χ2v) is 5.00. The highest BCUT2D eigenvalue weighted by molar-refractivity contribution is 5.48. The first-order chi connectivity index (χ1) is 10.6. The summed E-state index contributed by atoms with van der Waals surface area (Å²) in [5.74, 6) is 1.04. The molecule has 9 nitrogen and oxygen atoms in total. The summed E-state index contributed by atoms with van der Waals surface area (Å²) in [6.45, 7) is 6.39. The highest BCUT2D eigenvalue weighted by Gasteiger charge is 2.19. The minimum Gasteiger partial charge on any atom is -0.378 e. The van der Waals surface area contributed by atoms with E-state index >= 15 is 0 Å². The SMILES string of the molecule is CC(C)Nc1nc(N(C#N)CC#N)nc(N2CCOCC2)n1. The van der Waals surface area contributed by atoms with Crippen LogP contribution in [0.5, 0.6) is 0 Å². The minimum atomic E-state index is -0.107. The molecule has 1 aliphatic heterocycles. The number of nitriles is 2. The van der Waals surface area contributed by atoms with E-state index in [1.165, 1.54) is 0 Å². The van der Waals surface area contributed by atoms with Gasteiger partial charge >= 0.3 is 0 Å². The Bertz CT molecular complexity index is 585. The van der Waals surface area contributed by atoms with Gasteiger partial charge in [0.1, 0.15) is 6.54 Å². The van der Waals surface area contributed by atoms with E-state index in [0.29, 0.717) is 38.2 Å². The average molecular weight is 302 g/mol. The van der Waals surface area contributed by atoms with Gasteiger partial charge < -0.3 is 15.0 Å². The van der Waals surface area contributed by atoms with Crippen molar-refractivity contribution in [3.63, 3.8) is 0 Å². The average Bonchev–Trinajstić information content (AvgIpc) is 2.52. The summed E-state index contributed by atoms with van der Waals surface area (Å²) >= 11 is 0. The highest BCUT2D eigenvalue weighted by atomic mass is 16.5. The van der Waals surface area contributed by atoms with Crippen LogP contribution < -0.4 is 15.1 Å². The molecule has 0 radical (unpaired) electrons. The van der Waals surface area contributed by atoms with Crippen LogP contribution in [0.15, 0.2) is 0 Å². The van der Waals surface area contributed by atoms with Crippen molar-refractivity contribution >= 4 is 17.8 Å². The van der Waals surface area contributed by atoms with Crippen molar-refractivity contribution in [2.45, 2.75) is 19.9 Å². The molecule has 0 bridgehead atoms. The standard InChI is InChI=1S/C13H18N8O/c1-10(2)16-11-17-12(20-5-7-22-8-6-20)19-13(18-11)21(9-15)4-3-14/h10H,4-8H2,1-2H3,(H,16,17,18,19). The van der Waals surface area contributed by atoms with Crippen molar-refractivity contribution < 1.29 is 4.74 Å². The number of anilines is 3. The zero-order valence-corrected chi connectivity index (χ0v) is 12.7. The molecule has 116 valence electrons. The molecule has 22 heavy (non-hydrogen) atoms. The normalized spacial score (nSPS) is 14.3. The van der Waals surface area contributed by atoms with E-state index < -0.39 is 0 Å². The Morgan fingerprint density at radius 2 is 2.00 bits per heavy atom. The van der Waals surface area contributed by atoms with Gasteiger partial charge in [0.2, 0.25) is 17.8 Å². The molecule has 2 heterocycles. The monoisotopic (exact) mass is 302 g/mol. The Hall–Kier alpha value is -2.65. The molecular formula is C13H18N8O. The lowest BCUT2D eigenvalue weighted by atomic mass is 10.4. The molecule has 9 heteroatoms. The summed E-state index contributed by atoms with van der Waals surface area (Å²) in [5.41, 5.74) is 0.